The summed E-state index contributed by atoms with van der Waals surface area (Å²) >= 11 is 0. The van der Waals surface area contributed by atoms with Crippen LogP contribution in [-0.4, -0.2) is 10.2 Å². The van der Waals surface area contributed by atoms with Gasteiger partial charge in [-0.15, -0.1) is 0 Å². The Morgan fingerprint density at radius 2 is 1.00 bits per heavy atom. The molecule has 0 bridgehead atoms. The van der Waals surface area contributed by atoms with Gasteiger partial charge in [-0.2, -0.15) is 0 Å². The maximum absolute atomic E-state index is 10.5. The molecule has 2 N–H and O–H groups in total. The Kier molecular flexibility index (Phi) is 1.67. The molecule has 0 fully saturated rings. The molecule has 2 heteroatoms. The number of fused-ring (bicyclic) bond motifs is 10. The highest BCUT2D eigenvalue weighted by atomic mass is 16.3. The highest BCUT2D eigenvalue weighted by Crippen LogP contribution is 2.78. The Balaban J connectivity index is 1.75. The van der Waals surface area contributed by atoms with Crippen molar-refractivity contribution in [1.29, 1.82) is 0 Å². The number of phenolic OH excluding ortho intramolecular Hbond substituents is 2. The smallest absolute Gasteiger partial charge is 0.121 e. The van der Waals surface area contributed by atoms with Crippen molar-refractivity contribution in [3.8, 4) is 11.5 Å². The van der Waals surface area contributed by atoms with Gasteiger partial charge in [0.2, 0.25) is 0 Å². The predicted octanol–water partition coefficient (Wildman–Crippen LogP) is 4.41. The summed E-state index contributed by atoms with van der Waals surface area (Å²) in [6.45, 7) is 0. The molecule has 0 amide bonds. The van der Waals surface area contributed by atoms with Crippen LogP contribution in [-0.2, 0) is 5.41 Å². The van der Waals surface area contributed by atoms with Gasteiger partial charge in [0.25, 0.3) is 0 Å². The molecule has 2 aliphatic carbocycles. The van der Waals surface area contributed by atoms with Crippen molar-refractivity contribution < 1.29 is 10.2 Å². The number of aromatic hydroxyl groups is 2. The fourth-order valence-electron chi connectivity index (χ4n) is 4.52. The monoisotopic (exact) mass is 296 g/mol. The molecule has 0 heterocycles. The SMILES string of the molecule is Oc1cc2ccccc2c2c1C21c2c(O)cc3ccccc3c21. The van der Waals surface area contributed by atoms with Crippen molar-refractivity contribution in [1.82, 2.24) is 0 Å². The Morgan fingerprint density at radius 1 is 0.565 bits per heavy atom. The van der Waals surface area contributed by atoms with Gasteiger partial charge in [-0.3, -0.25) is 0 Å². The molecule has 2 aliphatic rings. The van der Waals surface area contributed by atoms with Crippen molar-refractivity contribution in [3.63, 3.8) is 0 Å². The largest absolute Gasteiger partial charge is 0.508 e. The highest BCUT2D eigenvalue weighted by molar-refractivity contribution is 6.11. The van der Waals surface area contributed by atoms with E-state index in [9.17, 15) is 10.2 Å². The van der Waals surface area contributed by atoms with Crippen molar-refractivity contribution in [2.45, 2.75) is 5.41 Å². The van der Waals surface area contributed by atoms with Crippen molar-refractivity contribution in [2.24, 2.45) is 0 Å². The van der Waals surface area contributed by atoms with Gasteiger partial charge in [-0.05, 0) is 44.8 Å². The first-order valence-corrected chi connectivity index (χ1v) is 7.76. The van der Waals surface area contributed by atoms with Crippen LogP contribution in [0.5, 0.6) is 11.5 Å². The van der Waals surface area contributed by atoms with Crippen LogP contribution in [0.4, 0.5) is 0 Å². The van der Waals surface area contributed by atoms with Gasteiger partial charge in [-0.1, -0.05) is 48.5 Å². The molecule has 0 saturated heterocycles. The number of benzene rings is 4. The standard InChI is InChI=1S/C21H12O2/c22-15-9-11-5-1-3-7-13(11)17-19(15)21(17)18-14-8-4-2-6-12(14)10-16(23)20(18)21/h1-10,22-23H. The molecule has 23 heavy (non-hydrogen) atoms. The molecule has 4 aromatic rings. The minimum absolute atomic E-state index is 0.332. The van der Waals surface area contributed by atoms with Crippen molar-refractivity contribution in [2.75, 3.05) is 0 Å². The lowest BCUT2D eigenvalue weighted by Gasteiger charge is -1.95. The molecule has 0 aliphatic heterocycles. The van der Waals surface area contributed by atoms with E-state index >= 15 is 0 Å². The van der Waals surface area contributed by atoms with Crippen LogP contribution < -0.4 is 0 Å². The Morgan fingerprint density at radius 3 is 1.48 bits per heavy atom. The van der Waals surface area contributed by atoms with E-state index in [1.807, 2.05) is 48.5 Å². The fraction of sp³-hybridized carbons (Fsp3) is 0.0476. The van der Waals surface area contributed by atoms with Crippen LogP contribution in [0.15, 0.2) is 60.7 Å². The summed E-state index contributed by atoms with van der Waals surface area (Å²) in [7, 11) is 0. The van der Waals surface area contributed by atoms with E-state index in [-0.39, 0.29) is 5.41 Å². The summed E-state index contributed by atoms with van der Waals surface area (Å²) in [5.41, 5.74) is 3.92. The van der Waals surface area contributed by atoms with Gasteiger partial charge in [0, 0.05) is 11.1 Å². The third-order valence-corrected chi connectivity index (χ3v) is 5.43. The number of phenols is 2. The zero-order chi connectivity index (χ0) is 15.3. The second-order valence-corrected chi connectivity index (χ2v) is 6.48. The summed E-state index contributed by atoms with van der Waals surface area (Å²) in [6, 6.07) is 19.9. The topological polar surface area (TPSA) is 40.5 Å². The molecule has 0 atom stereocenters. The van der Waals surface area contributed by atoms with Gasteiger partial charge >= 0.3 is 0 Å². The van der Waals surface area contributed by atoms with Gasteiger partial charge in [0.15, 0.2) is 0 Å². The molecular formula is C21H12O2. The first-order valence-electron chi connectivity index (χ1n) is 7.76. The van der Waals surface area contributed by atoms with Gasteiger partial charge in [0.1, 0.15) is 11.5 Å². The first kappa shape index (κ1) is 11.6. The molecule has 0 saturated carbocycles. The molecule has 4 aromatic carbocycles. The average Bonchev–Trinajstić information content (AvgIpc) is 3.44. The molecule has 6 rings (SSSR count). The second kappa shape index (κ2) is 3.33. The molecule has 0 radical (unpaired) electrons. The zero-order valence-corrected chi connectivity index (χ0v) is 12.2. The Labute approximate surface area is 132 Å². The first-order chi connectivity index (χ1) is 11.2. The molecule has 2 nitrogen and oxygen atoms in total. The molecule has 108 valence electrons. The third kappa shape index (κ3) is 1.09. The van der Waals surface area contributed by atoms with Gasteiger partial charge in [-0.25, -0.2) is 0 Å². The lowest BCUT2D eigenvalue weighted by atomic mass is 10.1. The summed E-state index contributed by atoms with van der Waals surface area (Å²) in [6.07, 6.45) is 0. The van der Waals surface area contributed by atoms with Crippen molar-refractivity contribution in [3.05, 3.63) is 82.9 Å². The fourth-order valence-corrected chi connectivity index (χ4v) is 4.52. The van der Waals surface area contributed by atoms with E-state index in [0.29, 0.717) is 11.5 Å². The van der Waals surface area contributed by atoms with Gasteiger partial charge in [0.05, 0.1) is 5.41 Å². The van der Waals surface area contributed by atoms with Crippen LogP contribution in [0, 0.1) is 0 Å². The van der Waals surface area contributed by atoms with E-state index in [1.54, 1.807) is 0 Å². The molecule has 1 spiro atoms. The summed E-state index contributed by atoms with van der Waals surface area (Å²) < 4.78 is 0. The lowest BCUT2D eigenvalue weighted by Crippen LogP contribution is -1.83. The number of hydrogen-bond donors (Lipinski definition) is 2. The highest BCUT2D eigenvalue weighted by Gasteiger charge is 2.70. The minimum Gasteiger partial charge on any atom is -0.508 e. The Bertz CT molecular complexity index is 1090. The Hall–Kier alpha value is -3.00. The summed E-state index contributed by atoms with van der Waals surface area (Å²) in [5, 5.41) is 25.4. The maximum atomic E-state index is 10.5. The molecule has 0 aromatic heterocycles. The molecule has 0 unspecified atom stereocenters. The quantitative estimate of drug-likeness (QED) is 0.436. The number of hydrogen-bond acceptors (Lipinski definition) is 2. The van der Waals surface area contributed by atoms with Crippen LogP contribution in [0.25, 0.3) is 21.5 Å². The predicted molar refractivity (Wildman–Crippen MR) is 90.2 cm³/mol. The van der Waals surface area contributed by atoms with E-state index in [1.165, 1.54) is 10.8 Å². The van der Waals surface area contributed by atoms with E-state index in [2.05, 4.69) is 12.1 Å². The van der Waals surface area contributed by atoms with E-state index < -0.39 is 0 Å². The van der Waals surface area contributed by atoms with Gasteiger partial charge < -0.3 is 10.2 Å². The van der Waals surface area contributed by atoms with E-state index in [0.717, 1.165) is 33.0 Å². The van der Waals surface area contributed by atoms with Crippen LogP contribution >= 0.6 is 0 Å². The summed E-state index contributed by atoms with van der Waals surface area (Å²) in [5.74, 6) is 0.664. The maximum Gasteiger partial charge on any atom is 0.121 e. The lowest BCUT2D eigenvalue weighted by molar-refractivity contribution is 0.470. The zero-order valence-electron chi connectivity index (χ0n) is 12.2. The van der Waals surface area contributed by atoms with Crippen LogP contribution in [0.2, 0.25) is 0 Å². The minimum atomic E-state index is -0.347. The second-order valence-electron chi connectivity index (χ2n) is 6.48. The van der Waals surface area contributed by atoms with Crippen molar-refractivity contribution >= 4 is 21.5 Å². The third-order valence-electron chi connectivity index (χ3n) is 5.43. The van der Waals surface area contributed by atoms with Crippen LogP contribution in [0.1, 0.15) is 22.3 Å². The number of rotatable bonds is 0. The van der Waals surface area contributed by atoms with E-state index in [4.69, 9.17) is 0 Å². The van der Waals surface area contributed by atoms with Crippen LogP contribution in [0.3, 0.4) is 0 Å². The normalized spacial score (nSPS) is 15.7. The summed E-state index contributed by atoms with van der Waals surface area (Å²) in [4.78, 5) is 0. The average molecular weight is 296 g/mol. The molecular weight excluding hydrogens is 284 g/mol.